The number of nitrogens with two attached hydrogens (primary N) is 1. The molecule has 0 aliphatic rings. The van der Waals surface area contributed by atoms with Gasteiger partial charge in [-0.15, -0.1) is 0 Å². The highest BCUT2D eigenvalue weighted by molar-refractivity contribution is 6.12. The fourth-order valence-electron chi connectivity index (χ4n) is 2.21. The number of benzene rings is 2. The van der Waals surface area contributed by atoms with Gasteiger partial charge < -0.3 is 15.2 Å². The first kappa shape index (κ1) is 16.9. The lowest BCUT2D eigenvalue weighted by atomic mass is 10.0. The molecule has 4 heteroatoms. The maximum absolute atomic E-state index is 12.7. The molecule has 0 radical (unpaired) electrons. The number of carbonyl (C=O) groups is 1. The average Bonchev–Trinajstić information content (AvgIpc) is 2.48. The van der Waals surface area contributed by atoms with Crippen molar-refractivity contribution < 1.29 is 14.3 Å². The van der Waals surface area contributed by atoms with Crippen molar-refractivity contribution in [2.24, 2.45) is 0 Å². The number of ketones is 1. The van der Waals surface area contributed by atoms with Crippen LogP contribution in [0.2, 0.25) is 0 Å². The Bertz CT molecular complexity index is 693. The Morgan fingerprint density at radius 3 is 2.13 bits per heavy atom. The van der Waals surface area contributed by atoms with E-state index < -0.39 is 0 Å². The van der Waals surface area contributed by atoms with Gasteiger partial charge in [-0.2, -0.15) is 0 Å². The second-order valence-corrected chi connectivity index (χ2v) is 5.91. The van der Waals surface area contributed by atoms with E-state index in [9.17, 15) is 4.79 Å². The summed E-state index contributed by atoms with van der Waals surface area (Å²) >= 11 is 0. The minimum absolute atomic E-state index is 0.0170. The van der Waals surface area contributed by atoms with Crippen molar-refractivity contribution >= 4 is 11.5 Å². The minimum Gasteiger partial charge on any atom is -0.487 e. The smallest absolute Gasteiger partial charge is 0.195 e. The zero-order valence-corrected chi connectivity index (χ0v) is 14.0. The summed E-state index contributed by atoms with van der Waals surface area (Å²) < 4.78 is 11.5. The van der Waals surface area contributed by atoms with Crippen LogP contribution in [0.3, 0.4) is 0 Å². The van der Waals surface area contributed by atoms with Gasteiger partial charge in [0.2, 0.25) is 0 Å². The Labute approximate surface area is 137 Å². The molecule has 2 aromatic rings. The van der Waals surface area contributed by atoms with Crippen molar-refractivity contribution in [3.63, 3.8) is 0 Å². The van der Waals surface area contributed by atoms with Crippen molar-refractivity contribution in [1.29, 1.82) is 0 Å². The minimum atomic E-state index is -0.132. The van der Waals surface area contributed by atoms with E-state index in [4.69, 9.17) is 15.2 Å². The molecule has 2 N–H and O–H groups in total. The molecule has 2 aromatic carbocycles. The first-order valence-corrected chi connectivity index (χ1v) is 7.75. The third-order valence-electron chi connectivity index (χ3n) is 3.14. The van der Waals surface area contributed by atoms with E-state index in [-0.39, 0.29) is 18.0 Å². The van der Waals surface area contributed by atoms with E-state index in [2.05, 4.69) is 0 Å². The first-order chi connectivity index (χ1) is 10.9. The molecule has 0 atom stereocenters. The second kappa shape index (κ2) is 7.18. The van der Waals surface area contributed by atoms with E-state index >= 15 is 0 Å². The molecule has 0 unspecified atom stereocenters. The Kier molecular flexibility index (Phi) is 5.27. The number of ether oxygens (including phenoxy) is 2. The molecule has 0 aliphatic carbocycles. The van der Waals surface area contributed by atoms with Gasteiger partial charge in [-0.05, 0) is 58.0 Å². The van der Waals surface area contributed by atoms with Gasteiger partial charge in [0.05, 0.1) is 12.2 Å². The molecule has 2 rings (SSSR count). The summed E-state index contributed by atoms with van der Waals surface area (Å²) in [5.41, 5.74) is 7.37. The van der Waals surface area contributed by atoms with Crippen LogP contribution in [-0.2, 0) is 0 Å². The quantitative estimate of drug-likeness (QED) is 0.645. The van der Waals surface area contributed by atoms with Crippen molar-refractivity contribution in [2.75, 3.05) is 5.73 Å². The van der Waals surface area contributed by atoms with Crippen LogP contribution in [0.15, 0.2) is 42.5 Å². The summed E-state index contributed by atoms with van der Waals surface area (Å²) in [5, 5.41) is 0. The predicted octanol–water partition coefficient (Wildman–Crippen LogP) is 4.07. The Morgan fingerprint density at radius 1 is 0.913 bits per heavy atom. The van der Waals surface area contributed by atoms with Crippen LogP contribution in [-0.4, -0.2) is 18.0 Å². The molecular formula is C19H23NO3. The van der Waals surface area contributed by atoms with E-state index in [1.54, 1.807) is 42.5 Å². The summed E-state index contributed by atoms with van der Waals surface area (Å²) in [7, 11) is 0. The molecule has 122 valence electrons. The van der Waals surface area contributed by atoms with Gasteiger partial charge in [0.15, 0.2) is 17.3 Å². The van der Waals surface area contributed by atoms with Crippen molar-refractivity contribution in [1.82, 2.24) is 0 Å². The SMILES string of the molecule is CC(C)Oc1ccc(C(=O)c2ccccc2N)cc1OC(C)C. The molecule has 0 heterocycles. The molecule has 0 fully saturated rings. The fraction of sp³-hybridized carbons (Fsp3) is 0.316. The summed E-state index contributed by atoms with van der Waals surface area (Å²) in [6.07, 6.45) is 0.00694. The molecular weight excluding hydrogens is 290 g/mol. The molecule has 0 aromatic heterocycles. The molecule has 0 aliphatic heterocycles. The standard InChI is InChI=1S/C19H23NO3/c1-12(2)22-17-10-9-14(11-18(17)23-13(3)4)19(21)15-7-5-6-8-16(15)20/h5-13H,20H2,1-4H3. The van der Waals surface area contributed by atoms with Crippen LogP contribution in [0.25, 0.3) is 0 Å². The third kappa shape index (κ3) is 4.25. The monoisotopic (exact) mass is 313 g/mol. The van der Waals surface area contributed by atoms with Gasteiger partial charge >= 0.3 is 0 Å². The van der Waals surface area contributed by atoms with Crippen LogP contribution in [0.1, 0.15) is 43.6 Å². The third-order valence-corrected chi connectivity index (χ3v) is 3.14. The van der Waals surface area contributed by atoms with Gasteiger partial charge in [-0.3, -0.25) is 4.79 Å². The normalized spacial score (nSPS) is 10.9. The largest absolute Gasteiger partial charge is 0.487 e. The number of rotatable bonds is 6. The molecule has 4 nitrogen and oxygen atoms in total. The van der Waals surface area contributed by atoms with Crippen LogP contribution in [0.5, 0.6) is 11.5 Å². The Balaban J connectivity index is 2.40. The lowest BCUT2D eigenvalue weighted by Gasteiger charge is -2.18. The van der Waals surface area contributed by atoms with E-state index in [1.807, 2.05) is 27.7 Å². The van der Waals surface area contributed by atoms with E-state index in [1.165, 1.54) is 0 Å². The van der Waals surface area contributed by atoms with Gasteiger partial charge in [-0.25, -0.2) is 0 Å². The van der Waals surface area contributed by atoms with E-state index in [0.717, 1.165) is 0 Å². The second-order valence-electron chi connectivity index (χ2n) is 5.91. The lowest BCUT2D eigenvalue weighted by Crippen LogP contribution is -2.12. The van der Waals surface area contributed by atoms with Gasteiger partial charge in [0, 0.05) is 16.8 Å². The average molecular weight is 313 g/mol. The Morgan fingerprint density at radius 2 is 1.52 bits per heavy atom. The molecule has 23 heavy (non-hydrogen) atoms. The number of carbonyl (C=O) groups excluding carboxylic acids is 1. The van der Waals surface area contributed by atoms with Gasteiger partial charge in [0.1, 0.15) is 0 Å². The highest BCUT2D eigenvalue weighted by Crippen LogP contribution is 2.31. The molecule has 0 saturated carbocycles. The molecule has 0 spiro atoms. The highest BCUT2D eigenvalue weighted by Gasteiger charge is 2.16. The number of anilines is 1. The number of nitrogen functional groups attached to an aromatic ring is 1. The Hall–Kier alpha value is -2.49. The number of para-hydroxylation sites is 1. The summed E-state index contributed by atoms with van der Waals surface area (Å²) in [5.74, 6) is 1.06. The maximum atomic E-state index is 12.7. The predicted molar refractivity (Wildman–Crippen MR) is 92.3 cm³/mol. The fourth-order valence-corrected chi connectivity index (χ4v) is 2.21. The van der Waals surface area contributed by atoms with Crippen LogP contribution in [0.4, 0.5) is 5.69 Å². The molecule has 0 saturated heterocycles. The first-order valence-electron chi connectivity index (χ1n) is 7.75. The molecule has 0 bridgehead atoms. The number of hydrogen-bond donors (Lipinski definition) is 1. The van der Waals surface area contributed by atoms with Crippen LogP contribution < -0.4 is 15.2 Å². The van der Waals surface area contributed by atoms with Crippen molar-refractivity contribution in [3.8, 4) is 11.5 Å². The summed E-state index contributed by atoms with van der Waals surface area (Å²) in [6.45, 7) is 7.76. The molecule has 0 amide bonds. The zero-order valence-electron chi connectivity index (χ0n) is 14.0. The number of hydrogen-bond acceptors (Lipinski definition) is 4. The summed E-state index contributed by atoms with van der Waals surface area (Å²) in [4.78, 5) is 12.7. The zero-order chi connectivity index (χ0) is 17.0. The lowest BCUT2D eigenvalue weighted by molar-refractivity contribution is 0.103. The van der Waals surface area contributed by atoms with Gasteiger partial charge in [0.25, 0.3) is 0 Å². The topological polar surface area (TPSA) is 61.5 Å². The van der Waals surface area contributed by atoms with Gasteiger partial charge in [-0.1, -0.05) is 12.1 Å². The van der Waals surface area contributed by atoms with Crippen LogP contribution >= 0.6 is 0 Å². The van der Waals surface area contributed by atoms with Crippen LogP contribution in [0, 0.1) is 0 Å². The van der Waals surface area contributed by atoms with E-state index in [0.29, 0.717) is 28.3 Å². The van der Waals surface area contributed by atoms with Crippen molar-refractivity contribution in [2.45, 2.75) is 39.9 Å². The van der Waals surface area contributed by atoms with Crippen molar-refractivity contribution in [3.05, 3.63) is 53.6 Å². The maximum Gasteiger partial charge on any atom is 0.195 e. The highest BCUT2D eigenvalue weighted by atomic mass is 16.5. The summed E-state index contributed by atoms with van der Waals surface area (Å²) in [6, 6.07) is 12.3.